The first-order valence-electron chi connectivity index (χ1n) is 22.6. The molecule has 0 spiro atoms. The van der Waals surface area contributed by atoms with Gasteiger partial charge in [0.15, 0.2) is 11.6 Å². The lowest BCUT2D eigenvalue weighted by molar-refractivity contribution is -0.117. The summed E-state index contributed by atoms with van der Waals surface area (Å²) in [5.74, 6) is 2.72. The number of aliphatic hydroxyl groups is 1. The molecule has 4 heterocycles. The largest absolute Gasteiger partial charge is 0.508 e. The molecule has 0 aliphatic carbocycles. The number of para-hydroxylation sites is 2. The van der Waals surface area contributed by atoms with Crippen LogP contribution in [0.15, 0.2) is 127 Å². The Morgan fingerprint density at radius 2 is 1.03 bits per heavy atom. The first-order chi connectivity index (χ1) is 34.0. The number of carbonyl (C=O) groups is 3. The molecule has 7 aromatic rings. The predicted molar refractivity (Wildman–Crippen MR) is 265 cm³/mol. The van der Waals surface area contributed by atoms with Crippen molar-refractivity contribution in [1.82, 2.24) is 19.9 Å². The summed E-state index contributed by atoms with van der Waals surface area (Å²) in [6.07, 6.45) is -0.794. The maximum absolute atomic E-state index is 13.3. The fourth-order valence-electron chi connectivity index (χ4n) is 7.99. The van der Waals surface area contributed by atoms with Crippen LogP contribution in [0, 0.1) is 24.7 Å². The van der Waals surface area contributed by atoms with E-state index in [0.717, 1.165) is 33.7 Å². The Balaban J connectivity index is 0.000000196. The lowest BCUT2D eigenvalue weighted by Crippen LogP contribution is -2.22. The summed E-state index contributed by atoms with van der Waals surface area (Å²) >= 11 is 0. The molecule has 9 rings (SSSR count). The van der Waals surface area contributed by atoms with E-state index >= 15 is 0 Å². The third-order valence-corrected chi connectivity index (χ3v) is 11.4. The predicted octanol–water partition coefficient (Wildman–Crippen LogP) is 9.22. The number of nitrogens with zero attached hydrogens (tertiary/aromatic N) is 6. The van der Waals surface area contributed by atoms with Crippen LogP contribution in [0.2, 0.25) is 0 Å². The zero-order chi connectivity index (χ0) is 49.3. The van der Waals surface area contributed by atoms with Gasteiger partial charge in [-0.05, 0) is 105 Å². The van der Waals surface area contributed by atoms with Crippen molar-refractivity contribution in [1.29, 1.82) is 10.8 Å². The smallest absolute Gasteiger partial charge is 0.494 e. The third-order valence-electron chi connectivity index (χ3n) is 11.4. The molecule has 0 radical (unpaired) electrons. The minimum atomic E-state index is -0.899. The Kier molecular flexibility index (Phi) is 14.7. The van der Waals surface area contributed by atoms with E-state index in [9.17, 15) is 19.5 Å². The summed E-state index contributed by atoms with van der Waals surface area (Å²) in [5, 5.41) is 26.5. The van der Waals surface area contributed by atoms with Crippen LogP contribution in [-0.2, 0) is 38.5 Å². The van der Waals surface area contributed by atoms with Crippen molar-refractivity contribution in [3.8, 4) is 34.3 Å². The monoisotopic (exact) mass is 938 g/mol. The Labute approximate surface area is 404 Å². The molecule has 16 heteroatoms. The van der Waals surface area contributed by atoms with Crippen LogP contribution in [0.5, 0.6) is 11.5 Å². The van der Waals surface area contributed by atoms with E-state index in [1.807, 2.05) is 155 Å². The highest BCUT2D eigenvalue weighted by molar-refractivity contribution is 6.12. The van der Waals surface area contributed by atoms with E-state index in [-0.39, 0.29) is 55.0 Å². The molecule has 5 aromatic carbocycles. The van der Waals surface area contributed by atoms with E-state index < -0.39 is 12.8 Å². The Morgan fingerprint density at radius 3 is 1.47 bits per heavy atom. The van der Waals surface area contributed by atoms with E-state index in [1.54, 1.807) is 9.80 Å². The van der Waals surface area contributed by atoms with Gasteiger partial charge in [-0.3, -0.25) is 24.8 Å². The van der Waals surface area contributed by atoms with E-state index in [2.05, 4.69) is 9.97 Å². The molecule has 2 aromatic heterocycles. The summed E-state index contributed by atoms with van der Waals surface area (Å²) in [7, 11) is 0. The summed E-state index contributed by atoms with van der Waals surface area (Å²) < 4.78 is 21.4. The number of fused-ring (bicyclic) bond motifs is 2. The molecule has 3 N–H and O–H groups in total. The molecule has 0 saturated heterocycles. The van der Waals surface area contributed by atoms with Crippen molar-refractivity contribution in [2.24, 2.45) is 0 Å². The van der Waals surface area contributed by atoms with Gasteiger partial charge >= 0.3 is 6.16 Å². The van der Waals surface area contributed by atoms with Gasteiger partial charge in [0.05, 0.1) is 66.8 Å². The second kappa shape index (κ2) is 21.5. The van der Waals surface area contributed by atoms with Crippen molar-refractivity contribution in [3.63, 3.8) is 0 Å². The van der Waals surface area contributed by atoms with Crippen LogP contribution < -0.4 is 19.3 Å². The summed E-state index contributed by atoms with van der Waals surface area (Å²) in [6, 6.07) is 39.0. The normalized spacial score (nSPS) is 12.4. The SMILES string of the molecule is CCOc1ccc(-c2nc(C(=N)CO)c3c(n2)N(c2ccccc2C)C(=O)C3)cc1.CCOc1ccc(-c2nc(C(=N)COC(=O)OCc3ccccc3)c3c(n2)N(c2ccccc2C)C(=O)C3)cc1. The number of nitrogens with one attached hydrogen (secondary N) is 2. The van der Waals surface area contributed by atoms with E-state index in [1.165, 1.54) is 0 Å². The molecule has 2 aliphatic heterocycles. The molecule has 16 nitrogen and oxygen atoms in total. The number of anilines is 4. The fourth-order valence-corrected chi connectivity index (χ4v) is 7.99. The second-order valence-corrected chi connectivity index (χ2v) is 16.1. The first kappa shape index (κ1) is 47.8. The molecular formula is C54H50N8O8. The molecule has 0 fully saturated rings. The number of aromatic nitrogens is 4. The molecular weight excluding hydrogens is 889 g/mol. The molecule has 0 saturated carbocycles. The molecule has 0 atom stereocenters. The number of hydrogen-bond acceptors (Lipinski definition) is 14. The number of hydrogen-bond donors (Lipinski definition) is 3. The molecule has 0 unspecified atom stereocenters. The third kappa shape index (κ3) is 10.4. The molecule has 354 valence electrons. The zero-order valence-corrected chi connectivity index (χ0v) is 39.1. The maximum atomic E-state index is 13.3. The van der Waals surface area contributed by atoms with Crippen molar-refractivity contribution in [2.45, 2.75) is 47.1 Å². The van der Waals surface area contributed by atoms with Gasteiger partial charge < -0.3 is 29.5 Å². The van der Waals surface area contributed by atoms with Gasteiger partial charge in [0.2, 0.25) is 11.8 Å². The maximum Gasteiger partial charge on any atom is 0.508 e. The average molecular weight is 939 g/mol. The minimum absolute atomic E-state index is 0.0173. The van der Waals surface area contributed by atoms with Crippen molar-refractivity contribution in [2.75, 3.05) is 36.2 Å². The van der Waals surface area contributed by atoms with Gasteiger partial charge in [-0.25, -0.2) is 24.7 Å². The van der Waals surface area contributed by atoms with Crippen LogP contribution >= 0.6 is 0 Å². The lowest BCUT2D eigenvalue weighted by Gasteiger charge is -2.20. The number of rotatable bonds is 15. The number of benzene rings is 5. The molecule has 2 amide bonds. The number of amides is 2. The first-order valence-corrected chi connectivity index (χ1v) is 22.6. The molecule has 2 aliphatic rings. The highest BCUT2D eigenvalue weighted by Crippen LogP contribution is 2.40. The zero-order valence-electron chi connectivity index (χ0n) is 39.1. The van der Waals surface area contributed by atoms with Gasteiger partial charge in [0.25, 0.3) is 0 Å². The molecule has 0 bridgehead atoms. The van der Waals surface area contributed by atoms with Gasteiger partial charge in [-0.1, -0.05) is 66.7 Å². The number of aliphatic hydroxyl groups excluding tert-OH is 1. The Bertz CT molecular complexity index is 3090. The number of carbonyl (C=O) groups excluding carboxylic acids is 3. The number of aryl methyl sites for hydroxylation is 2. The quantitative estimate of drug-likeness (QED) is 0.0648. The van der Waals surface area contributed by atoms with Gasteiger partial charge in [0, 0.05) is 22.3 Å². The molecule has 70 heavy (non-hydrogen) atoms. The van der Waals surface area contributed by atoms with Gasteiger partial charge in [-0.15, -0.1) is 0 Å². The van der Waals surface area contributed by atoms with Crippen molar-refractivity contribution in [3.05, 3.63) is 167 Å². The van der Waals surface area contributed by atoms with Gasteiger partial charge in [0.1, 0.15) is 36.3 Å². The topological polar surface area (TPSA) is 214 Å². The van der Waals surface area contributed by atoms with E-state index in [0.29, 0.717) is 70.3 Å². The average Bonchev–Trinajstić information content (AvgIpc) is 3.90. The minimum Gasteiger partial charge on any atom is -0.494 e. The van der Waals surface area contributed by atoms with Crippen molar-refractivity contribution >= 4 is 52.4 Å². The Morgan fingerprint density at radius 1 is 0.586 bits per heavy atom. The Hall–Kier alpha value is -8.63. The fraction of sp³-hybridized carbons (Fsp3) is 0.204. The standard InChI is InChI=1S/C31H28N4O5.C23H22N4O3/c1-3-38-23-15-13-22(14-16-23)29-33-28(25(32)19-40-31(37)39-18-21-10-5-4-6-11-21)24-17-27(36)35(30(24)34-29)26-12-8-7-9-20(26)2;1-3-30-16-10-8-15(9-11-16)22-25-21(18(24)13-28)17-12-20(29)27(23(17)26-22)19-7-5-4-6-14(19)2/h4-16,32H,3,17-19H2,1-2H3;4-11,24,28H,3,12-13H2,1-2H3. The van der Waals surface area contributed by atoms with Crippen molar-refractivity contribution < 1.29 is 38.4 Å². The highest BCUT2D eigenvalue weighted by atomic mass is 16.7. The van der Waals surface area contributed by atoms with E-state index in [4.69, 9.17) is 39.7 Å². The van der Waals surface area contributed by atoms with Crippen LogP contribution in [-0.4, -0.2) is 80.9 Å². The number of ether oxygens (including phenoxy) is 4. The van der Waals surface area contributed by atoms with Crippen LogP contribution in [0.4, 0.5) is 27.8 Å². The summed E-state index contributed by atoms with van der Waals surface area (Å²) in [5.41, 5.74) is 7.06. The van der Waals surface area contributed by atoms with Crippen LogP contribution in [0.3, 0.4) is 0 Å². The highest BCUT2D eigenvalue weighted by Gasteiger charge is 2.37. The van der Waals surface area contributed by atoms with Crippen LogP contribution in [0.1, 0.15) is 53.1 Å². The summed E-state index contributed by atoms with van der Waals surface area (Å²) in [4.78, 5) is 60.2. The second-order valence-electron chi connectivity index (χ2n) is 16.1. The lowest BCUT2D eigenvalue weighted by atomic mass is 10.1. The summed E-state index contributed by atoms with van der Waals surface area (Å²) in [6.45, 7) is 8.00. The van der Waals surface area contributed by atoms with Gasteiger partial charge in [-0.2, -0.15) is 0 Å². The van der Waals surface area contributed by atoms with Crippen LogP contribution in [0.25, 0.3) is 22.8 Å².